The number of carbonyl (C=O) groups is 2. The molecule has 4 heterocycles. The summed E-state index contributed by atoms with van der Waals surface area (Å²) in [6, 6.07) is 12.0. The number of rotatable bonds is 16. The second kappa shape index (κ2) is 18.1. The first-order chi connectivity index (χ1) is 32.5. The number of carbonyl (C=O) groups excluding carboxylic acids is 2. The molecule has 2 aliphatic carbocycles. The third-order valence-electron chi connectivity index (χ3n) is 11.2. The zero-order valence-electron chi connectivity index (χ0n) is 38.0. The molecule has 2 aliphatic rings. The summed E-state index contributed by atoms with van der Waals surface area (Å²) in [6.07, 6.45) is 6.90. The predicted molar refractivity (Wildman–Crippen MR) is 254 cm³/mol. The van der Waals surface area contributed by atoms with Crippen molar-refractivity contribution in [1.82, 2.24) is 60.1 Å². The summed E-state index contributed by atoms with van der Waals surface area (Å²) in [5, 5.41) is 46.4. The Morgan fingerprint density at radius 2 is 1.56 bits per heavy atom. The fourth-order valence-electron chi connectivity index (χ4n) is 7.77. The molecular weight excluding hydrogens is 919 g/mol. The van der Waals surface area contributed by atoms with Crippen LogP contribution < -0.4 is 30.7 Å². The highest BCUT2D eigenvalue weighted by Gasteiger charge is 2.57. The SMILES string of the molecule is COc1cc(-c2nc(Nc3ccc4c(cnn4C4CC4(O)NC(=O)COC4=CC=C(c5nc(Nc6ccc7[nH]ncc7c6Cl)n(C)n5)CC4OC)c3Cl)n(C)n2)ccc1OCC(=O)NC(C)(C)C. The van der Waals surface area contributed by atoms with E-state index in [9.17, 15) is 14.7 Å². The highest BCUT2D eigenvalue weighted by Crippen LogP contribution is 2.47. The Balaban J connectivity index is 0.808. The molecule has 7 aromatic rings. The number of allylic oxidation sites excluding steroid dienone is 2. The van der Waals surface area contributed by atoms with Crippen molar-refractivity contribution < 1.29 is 33.6 Å². The number of anilines is 4. The monoisotopic (exact) mass is 966 g/mol. The number of hydrogen-bond donors (Lipinski definition) is 6. The van der Waals surface area contributed by atoms with Gasteiger partial charge in [0.05, 0.1) is 52.0 Å². The maximum atomic E-state index is 13.2. The van der Waals surface area contributed by atoms with Gasteiger partial charge in [-0.2, -0.15) is 20.2 Å². The largest absolute Gasteiger partial charge is 0.493 e. The van der Waals surface area contributed by atoms with Crippen LogP contribution in [0.4, 0.5) is 23.3 Å². The molecule has 3 aromatic carbocycles. The van der Waals surface area contributed by atoms with E-state index in [0.717, 1.165) is 16.5 Å². The molecule has 2 amide bonds. The van der Waals surface area contributed by atoms with E-state index < -0.39 is 23.8 Å². The second-order valence-corrected chi connectivity index (χ2v) is 18.1. The molecule has 0 bridgehead atoms. The number of aromatic amines is 1. The van der Waals surface area contributed by atoms with Crippen LogP contribution in [-0.4, -0.2) is 111 Å². The number of benzene rings is 3. The van der Waals surface area contributed by atoms with Gasteiger partial charge in [0.25, 0.3) is 11.8 Å². The van der Waals surface area contributed by atoms with Crippen LogP contribution in [0, 0.1) is 0 Å². The van der Waals surface area contributed by atoms with E-state index in [0.29, 0.717) is 85.1 Å². The van der Waals surface area contributed by atoms with Crippen molar-refractivity contribution in [1.29, 1.82) is 0 Å². The number of aliphatic hydroxyl groups is 1. The minimum absolute atomic E-state index is 0.173. The third kappa shape index (κ3) is 9.37. The van der Waals surface area contributed by atoms with Gasteiger partial charge in [0.1, 0.15) is 17.9 Å². The molecule has 21 nitrogen and oxygen atoms in total. The highest BCUT2D eigenvalue weighted by molar-refractivity contribution is 6.38. The molecule has 3 unspecified atom stereocenters. The van der Waals surface area contributed by atoms with Gasteiger partial charge in [0, 0.05) is 61.5 Å². The lowest BCUT2D eigenvalue weighted by Gasteiger charge is -2.23. The first-order valence-electron chi connectivity index (χ1n) is 21.4. The molecule has 6 N–H and O–H groups in total. The molecule has 0 spiro atoms. The lowest BCUT2D eigenvalue weighted by atomic mass is 10.0. The minimum Gasteiger partial charge on any atom is -0.493 e. The molecule has 1 saturated carbocycles. The van der Waals surface area contributed by atoms with Crippen LogP contribution in [0.2, 0.25) is 10.0 Å². The number of hydrogen-bond acceptors (Lipinski definition) is 15. The normalized spacial score (nSPS) is 18.0. The number of halogens is 2. The zero-order valence-corrected chi connectivity index (χ0v) is 39.5. The summed E-state index contributed by atoms with van der Waals surface area (Å²) >= 11 is 13.5. The van der Waals surface area contributed by atoms with Crippen LogP contribution >= 0.6 is 23.2 Å². The van der Waals surface area contributed by atoms with E-state index in [-0.39, 0.29) is 31.1 Å². The van der Waals surface area contributed by atoms with Gasteiger partial charge in [-0.1, -0.05) is 29.3 Å². The fraction of sp³-hybridized carbons (Fsp3) is 0.333. The van der Waals surface area contributed by atoms with Crippen molar-refractivity contribution in [2.75, 3.05) is 38.1 Å². The van der Waals surface area contributed by atoms with Crippen LogP contribution in [0.3, 0.4) is 0 Å². The van der Waals surface area contributed by atoms with Gasteiger partial charge < -0.3 is 45.3 Å². The fourth-order valence-corrected chi connectivity index (χ4v) is 8.29. The smallest absolute Gasteiger partial charge is 0.260 e. The summed E-state index contributed by atoms with van der Waals surface area (Å²) in [5.74, 6) is 2.25. The molecule has 0 saturated heterocycles. The Morgan fingerprint density at radius 1 is 0.868 bits per heavy atom. The number of fused-ring (bicyclic) bond motifs is 2. The zero-order chi connectivity index (χ0) is 48.1. The minimum atomic E-state index is -1.56. The van der Waals surface area contributed by atoms with Crippen molar-refractivity contribution in [3.63, 3.8) is 0 Å². The molecule has 9 rings (SSSR count). The van der Waals surface area contributed by atoms with Crippen molar-refractivity contribution in [2.24, 2.45) is 14.1 Å². The van der Waals surface area contributed by atoms with Gasteiger partial charge in [-0.15, -0.1) is 10.2 Å². The Morgan fingerprint density at radius 3 is 2.28 bits per heavy atom. The van der Waals surface area contributed by atoms with Crippen LogP contribution in [0.5, 0.6) is 11.5 Å². The molecule has 0 aliphatic heterocycles. The molecule has 23 heteroatoms. The van der Waals surface area contributed by atoms with Gasteiger partial charge in [0.15, 0.2) is 42.1 Å². The lowest BCUT2D eigenvalue weighted by molar-refractivity contribution is -0.129. The summed E-state index contributed by atoms with van der Waals surface area (Å²) in [4.78, 5) is 34.9. The number of nitrogens with one attached hydrogen (secondary N) is 5. The van der Waals surface area contributed by atoms with E-state index in [1.54, 1.807) is 78.0 Å². The number of ether oxygens (including phenoxy) is 4. The molecule has 1 fully saturated rings. The van der Waals surface area contributed by atoms with E-state index >= 15 is 0 Å². The average Bonchev–Trinajstić information content (AvgIpc) is 3.86. The van der Waals surface area contributed by atoms with Gasteiger partial charge in [-0.25, -0.2) is 9.36 Å². The van der Waals surface area contributed by atoms with Crippen molar-refractivity contribution >= 4 is 85.7 Å². The number of methoxy groups -OCH3 is 2. The second-order valence-electron chi connectivity index (χ2n) is 17.3. The maximum Gasteiger partial charge on any atom is 0.260 e. The topological polar surface area (TPSA) is 247 Å². The van der Waals surface area contributed by atoms with Crippen molar-refractivity contribution in [3.05, 3.63) is 88.6 Å². The lowest BCUT2D eigenvalue weighted by Crippen LogP contribution is -2.43. The highest BCUT2D eigenvalue weighted by atomic mass is 35.5. The molecule has 68 heavy (non-hydrogen) atoms. The first-order valence-corrected chi connectivity index (χ1v) is 22.1. The van der Waals surface area contributed by atoms with Gasteiger partial charge in [0.2, 0.25) is 11.9 Å². The summed E-state index contributed by atoms with van der Waals surface area (Å²) in [6.45, 7) is 5.14. The van der Waals surface area contributed by atoms with Gasteiger partial charge in [-0.3, -0.25) is 19.4 Å². The number of aryl methyl sites for hydroxylation is 2. The number of nitrogens with zero attached hydrogens (tertiary/aromatic N) is 9. The Hall–Kier alpha value is -7.20. The molecule has 354 valence electrons. The van der Waals surface area contributed by atoms with Crippen LogP contribution in [0.1, 0.15) is 45.5 Å². The Labute approximate surface area is 398 Å². The van der Waals surface area contributed by atoms with Crippen LogP contribution in [0.15, 0.2) is 72.8 Å². The molecular formula is C45H48Cl2N14O7. The number of H-pyrrole nitrogens is 1. The van der Waals surface area contributed by atoms with Crippen LogP contribution in [0.25, 0.3) is 38.8 Å². The summed E-state index contributed by atoms with van der Waals surface area (Å²) < 4.78 is 27.8. The quantitative estimate of drug-likeness (QED) is 0.0601. The summed E-state index contributed by atoms with van der Waals surface area (Å²) in [5.41, 5.74) is 2.17. The van der Waals surface area contributed by atoms with Crippen molar-refractivity contribution in [2.45, 2.75) is 57.0 Å². The Bertz CT molecular complexity index is 3150. The van der Waals surface area contributed by atoms with Gasteiger partial charge in [-0.05, 0) is 69.3 Å². The maximum absolute atomic E-state index is 13.2. The van der Waals surface area contributed by atoms with E-state index in [2.05, 4.69) is 51.7 Å². The number of amides is 2. The van der Waals surface area contributed by atoms with E-state index in [1.165, 1.54) is 7.11 Å². The average molecular weight is 968 g/mol. The summed E-state index contributed by atoms with van der Waals surface area (Å²) in [7, 11) is 6.58. The van der Waals surface area contributed by atoms with E-state index in [4.69, 9.17) is 47.1 Å². The molecule has 0 radical (unpaired) electrons. The van der Waals surface area contributed by atoms with E-state index in [1.807, 2.05) is 45.0 Å². The standard InChI is InChI=1S/C45H48Cl2N14O7/c1-44(2,3)54-36(62)21-67-31-14-8-23(16-33(31)65-6)41-53-43(60(5)58-41)51-29-12-13-30-26(39(29)47)20-49-61(30)35-18-45(35,64)55-37(63)22-68-32-15-9-24(17-34(32)66-7)40-52-42(59(4)57-40)50-28-11-10-27-25(38(28)46)19-48-56-27/h8-16,19-20,34-35,64H,17-18,21-22H2,1-7H3,(H,48,56)(H,54,62)(H,55,63)(H,50,52,57)(H,51,53,58). The predicted octanol–water partition coefficient (Wildman–Crippen LogP) is 6.09. The Kier molecular flexibility index (Phi) is 12.2. The van der Waals surface area contributed by atoms with Gasteiger partial charge >= 0.3 is 0 Å². The molecule has 3 atom stereocenters. The first kappa shape index (κ1) is 45.9. The third-order valence-corrected chi connectivity index (χ3v) is 12.1. The number of aromatic nitrogens is 10. The molecule has 4 aromatic heterocycles. The van der Waals surface area contributed by atoms with Crippen LogP contribution in [-0.2, 0) is 33.2 Å². The van der Waals surface area contributed by atoms with Crippen molar-refractivity contribution in [3.8, 4) is 22.9 Å².